The van der Waals surface area contributed by atoms with Crippen LogP contribution < -0.4 is 9.47 Å². The van der Waals surface area contributed by atoms with Gasteiger partial charge in [-0.2, -0.15) is 16.4 Å². The fourth-order valence-electron chi connectivity index (χ4n) is 3.68. The van der Waals surface area contributed by atoms with Gasteiger partial charge in [-0.05, 0) is 48.1 Å². The van der Waals surface area contributed by atoms with Crippen molar-refractivity contribution >= 4 is 11.3 Å². The van der Waals surface area contributed by atoms with Crippen molar-refractivity contribution < 1.29 is 9.47 Å². The average Bonchev–Trinajstić information content (AvgIpc) is 3.41. The van der Waals surface area contributed by atoms with Crippen LogP contribution >= 0.6 is 11.3 Å². The van der Waals surface area contributed by atoms with Gasteiger partial charge in [0.25, 0.3) is 0 Å². The number of nitrogens with zero attached hydrogens (tertiary/aromatic N) is 3. The minimum atomic E-state index is 0.325. The van der Waals surface area contributed by atoms with Crippen LogP contribution in [0.3, 0.4) is 0 Å². The summed E-state index contributed by atoms with van der Waals surface area (Å²) in [7, 11) is 0. The number of hydrogen-bond donors (Lipinski definition) is 0. The van der Waals surface area contributed by atoms with Crippen LogP contribution in [0, 0.1) is 0 Å². The molecule has 1 fully saturated rings. The second-order valence-electron chi connectivity index (χ2n) is 6.48. The summed E-state index contributed by atoms with van der Waals surface area (Å²) < 4.78 is 13.0. The summed E-state index contributed by atoms with van der Waals surface area (Å²) in [5.74, 6) is 1.71. The zero-order chi connectivity index (χ0) is 16.6. The van der Waals surface area contributed by atoms with Crippen LogP contribution in [0.2, 0.25) is 0 Å². The lowest BCUT2D eigenvalue weighted by atomic mass is 10.0. The van der Waals surface area contributed by atoms with Gasteiger partial charge in [-0.3, -0.25) is 9.58 Å². The van der Waals surface area contributed by atoms with Gasteiger partial charge >= 0.3 is 0 Å². The Morgan fingerprint density at radius 1 is 1.16 bits per heavy atom. The molecule has 1 saturated heterocycles. The fraction of sp³-hybridized carbons (Fsp3) is 0.316. The molecule has 25 heavy (non-hydrogen) atoms. The molecule has 0 amide bonds. The number of benzene rings is 1. The first-order valence-electron chi connectivity index (χ1n) is 8.56. The highest BCUT2D eigenvalue weighted by Gasteiger charge is 2.28. The second-order valence-corrected chi connectivity index (χ2v) is 7.26. The van der Waals surface area contributed by atoms with Crippen LogP contribution in [0.5, 0.6) is 11.5 Å². The Balaban J connectivity index is 1.35. The number of thiophene rings is 1. The van der Waals surface area contributed by atoms with Gasteiger partial charge < -0.3 is 9.47 Å². The van der Waals surface area contributed by atoms with Gasteiger partial charge in [-0.15, -0.1) is 0 Å². The normalized spacial score (nSPS) is 19.6. The smallest absolute Gasteiger partial charge is 0.231 e. The van der Waals surface area contributed by atoms with Gasteiger partial charge in [-0.1, -0.05) is 6.07 Å². The molecule has 0 bridgehead atoms. The third kappa shape index (κ3) is 2.81. The van der Waals surface area contributed by atoms with E-state index in [4.69, 9.17) is 14.6 Å². The van der Waals surface area contributed by atoms with Gasteiger partial charge in [-0.25, -0.2) is 0 Å². The molecule has 5 nitrogen and oxygen atoms in total. The Labute approximate surface area is 150 Å². The average molecular weight is 353 g/mol. The number of rotatable bonds is 4. The Bertz CT molecular complexity index is 875. The quantitative estimate of drug-likeness (QED) is 0.707. The topological polar surface area (TPSA) is 39.5 Å². The molecule has 0 N–H and O–H groups in total. The summed E-state index contributed by atoms with van der Waals surface area (Å²) in [5.41, 5.74) is 3.53. The van der Waals surface area contributed by atoms with Crippen molar-refractivity contribution in [2.75, 3.05) is 13.3 Å². The summed E-state index contributed by atoms with van der Waals surface area (Å²) in [6.07, 6.45) is 4.44. The highest BCUT2D eigenvalue weighted by molar-refractivity contribution is 7.08. The predicted molar refractivity (Wildman–Crippen MR) is 96.8 cm³/mol. The van der Waals surface area contributed by atoms with Gasteiger partial charge in [0.2, 0.25) is 6.79 Å². The zero-order valence-corrected chi connectivity index (χ0v) is 14.6. The molecule has 1 unspecified atom stereocenters. The van der Waals surface area contributed by atoms with E-state index in [9.17, 15) is 0 Å². The summed E-state index contributed by atoms with van der Waals surface area (Å²) in [6.45, 7) is 2.22. The molecule has 0 saturated carbocycles. The molecule has 0 radical (unpaired) electrons. The van der Waals surface area contributed by atoms with E-state index in [1.165, 1.54) is 17.5 Å². The lowest BCUT2D eigenvalue weighted by Gasteiger charge is -2.24. The number of ether oxygens (including phenoxy) is 2. The molecule has 5 rings (SSSR count). The lowest BCUT2D eigenvalue weighted by molar-refractivity contribution is 0.173. The number of likely N-dealkylation sites (tertiary alicyclic amines) is 1. The molecule has 2 aromatic heterocycles. The molecular formula is C19H19N3O2S. The lowest BCUT2D eigenvalue weighted by Crippen LogP contribution is -2.26. The third-order valence-corrected chi connectivity index (χ3v) is 5.61. The SMILES string of the molecule is c1cc(-c2ccn(CN3CCCC3c3ccc4c(c3)OCO4)n2)cs1. The van der Waals surface area contributed by atoms with E-state index in [0.717, 1.165) is 36.8 Å². The van der Waals surface area contributed by atoms with Gasteiger partial charge in [0.1, 0.15) is 0 Å². The predicted octanol–water partition coefficient (Wildman–Crippen LogP) is 4.13. The fourth-order valence-corrected chi connectivity index (χ4v) is 4.33. The number of aromatic nitrogens is 2. The number of hydrogen-bond acceptors (Lipinski definition) is 5. The van der Waals surface area contributed by atoms with Crippen LogP contribution in [0.15, 0.2) is 47.3 Å². The van der Waals surface area contributed by atoms with E-state index < -0.39 is 0 Å². The Morgan fingerprint density at radius 3 is 3.04 bits per heavy atom. The molecule has 0 aliphatic carbocycles. The summed E-state index contributed by atoms with van der Waals surface area (Å²) in [4.78, 5) is 2.49. The maximum absolute atomic E-state index is 5.54. The monoisotopic (exact) mass is 353 g/mol. The van der Waals surface area contributed by atoms with E-state index in [1.54, 1.807) is 11.3 Å². The van der Waals surface area contributed by atoms with E-state index in [0.29, 0.717) is 12.8 Å². The van der Waals surface area contributed by atoms with Crippen molar-refractivity contribution in [1.29, 1.82) is 0 Å². The summed E-state index contributed by atoms with van der Waals surface area (Å²) in [6, 6.07) is 10.9. The first kappa shape index (κ1) is 15.0. The molecule has 4 heterocycles. The van der Waals surface area contributed by atoms with Crippen molar-refractivity contribution in [2.24, 2.45) is 0 Å². The minimum Gasteiger partial charge on any atom is -0.454 e. The Hall–Kier alpha value is -2.31. The van der Waals surface area contributed by atoms with E-state index >= 15 is 0 Å². The maximum Gasteiger partial charge on any atom is 0.231 e. The van der Waals surface area contributed by atoms with Gasteiger partial charge in [0.15, 0.2) is 11.5 Å². The molecule has 2 aliphatic heterocycles. The van der Waals surface area contributed by atoms with E-state index in [-0.39, 0.29) is 0 Å². The third-order valence-electron chi connectivity index (χ3n) is 4.93. The van der Waals surface area contributed by atoms with E-state index in [2.05, 4.69) is 46.1 Å². The molecule has 3 aromatic rings. The maximum atomic E-state index is 5.54. The number of fused-ring (bicyclic) bond motifs is 1. The van der Waals surface area contributed by atoms with Crippen LogP contribution in [-0.2, 0) is 6.67 Å². The van der Waals surface area contributed by atoms with Crippen molar-refractivity contribution in [2.45, 2.75) is 25.6 Å². The molecule has 1 aromatic carbocycles. The molecule has 2 aliphatic rings. The van der Waals surface area contributed by atoms with Crippen LogP contribution in [0.4, 0.5) is 0 Å². The van der Waals surface area contributed by atoms with Crippen LogP contribution in [0.25, 0.3) is 11.3 Å². The van der Waals surface area contributed by atoms with E-state index in [1.807, 2.05) is 10.7 Å². The van der Waals surface area contributed by atoms with Gasteiger partial charge in [0.05, 0.1) is 12.4 Å². The Morgan fingerprint density at radius 2 is 2.12 bits per heavy atom. The van der Waals surface area contributed by atoms with Crippen LogP contribution in [-0.4, -0.2) is 28.0 Å². The zero-order valence-electron chi connectivity index (χ0n) is 13.8. The first-order chi connectivity index (χ1) is 12.4. The van der Waals surface area contributed by atoms with Gasteiger partial charge in [0, 0.05) is 29.7 Å². The highest BCUT2D eigenvalue weighted by atomic mass is 32.1. The van der Waals surface area contributed by atoms with Crippen LogP contribution in [0.1, 0.15) is 24.4 Å². The summed E-state index contributed by atoms with van der Waals surface area (Å²) >= 11 is 1.70. The second kappa shape index (κ2) is 6.20. The molecule has 128 valence electrons. The summed E-state index contributed by atoms with van der Waals surface area (Å²) in [5, 5.41) is 8.96. The Kier molecular flexibility index (Phi) is 3.72. The highest BCUT2D eigenvalue weighted by Crippen LogP contribution is 2.39. The van der Waals surface area contributed by atoms with Crippen molar-refractivity contribution in [3.63, 3.8) is 0 Å². The van der Waals surface area contributed by atoms with Crippen molar-refractivity contribution in [1.82, 2.24) is 14.7 Å². The van der Waals surface area contributed by atoms with Crippen molar-refractivity contribution in [3.05, 3.63) is 52.9 Å². The molecule has 6 heteroatoms. The standard InChI is InChI=1S/C19H19N3O2S/c1-2-17(14-3-4-18-19(10-14)24-13-23-18)21(7-1)12-22-8-5-16(20-22)15-6-9-25-11-15/h3-6,8-11,17H,1-2,7,12-13H2. The molecule has 0 spiro atoms. The molecule has 1 atom stereocenters. The largest absolute Gasteiger partial charge is 0.454 e. The first-order valence-corrected chi connectivity index (χ1v) is 9.51. The van der Waals surface area contributed by atoms with Crippen molar-refractivity contribution in [3.8, 4) is 22.8 Å². The minimum absolute atomic E-state index is 0.325. The molecular weight excluding hydrogens is 334 g/mol.